The molecule has 23 heavy (non-hydrogen) atoms. The molecule has 0 N–H and O–H groups in total. The minimum Gasteiger partial charge on any atom is -0.346 e. The van der Waals surface area contributed by atoms with Crippen molar-refractivity contribution in [3.05, 3.63) is 24.3 Å². The van der Waals surface area contributed by atoms with Crippen molar-refractivity contribution < 1.29 is 18.9 Å². The van der Waals surface area contributed by atoms with Crippen molar-refractivity contribution in [2.45, 2.75) is 18.0 Å². The van der Waals surface area contributed by atoms with Crippen molar-refractivity contribution >= 4 is 0 Å². The molecule has 2 saturated heterocycles. The van der Waals surface area contributed by atoms with E-state index in [0.717, 1.165) is 38.3 Å². The average Bonchev–Trinajstić information content (AvgIpc) is 3.30. The van der Waals surface area contributed by atoms with Crippen LogP contribution >= 0.6 is 0 Å². The van der Waals surface area contributed by atoms with Crippen LogP contribution in [0.3, 0.4) is 0 Å². The summed E-state index contributed by atoms with van der Waals surface area (Å²) >= 11 is 0. The number of ether oxygens (including phenoxy) is 4. The number of rotatable bonds is 0. The highest BCUT2D eigenvalue weighted by atomic mass is 16.8. The topological polar surface area (TPSA) is 36.9 Å². The third kappa shape index (κ3) is 0.717. The summed E-state index contributed by atoms with van der Waals surface area (Å²) in [5.41, 5.74) is -0.116. The lowest BCUT2D eigenvalue weighted by Gasteiger charge is -2.71. The summed E-state index contributed by atoms with van der Waals surface area (Å²) in [6.07, 6.45) is 10.6. The maximum atomic E-state index is 6.50. The van der Waals surface area contributed by atoms with Crippen molar-refractivity contribution in [2.24, 2.45) is 46.3 Å². The number of fused-ring (bicyclic) bond motifs is 3. The largest absolute Gasteiger partial charge is 0.346 e. The summed E-state index contributed by atoms with van der Waals surface area (Å²) in [4.78, 5) is 0. The van der Waals surface area contributed by atoms with Gasteiger partial charge in [-0.3, -0.25) is 0 Å². The molecule has 8 atom stereocenters. The van der Waals surface area contributed by atoms with Crippen LogP contribution < -0.4 is 0 Å². The van der Waals surface area contributed by atoms with Crippen LogP contribution in [0.25, 0.3) is 0 Å². The fraction of sp³-hybridized carbons (Fsp3) is 0.789. The highest BCUT2D eigenvalue weighted by Gasteiger charge is 3.03. The van der Waals surface area contributed by atoms with Gasteiger partial charge >= 0.3 is 0 Å². The third-order valence-electron chi connectivity index (χ3n) is 9.19. The Hall–Kier alpha value is -0.680. The van der Waals surface area contributed by atoms with Crippen LogP contribution in [0.2, 0.25) is 0 Å². The van der Waals surface area contributed by atoms with E-state index in [0.29, 0.717) is 23.7 Å². The Kier molecular flexibility index (Phi) is 1.53. The van der Waals surface area contributed by atoms with E-state index in [1.165, 1.54) is 6.42 Å². The Morgan fingerprint density at radius 3 is 1.48 bits per heavy atom. The van der Waals surface area contributed by atoms with Crippen molar-refractivity contribution in [3.63, 3.8) is 0 Å². The predicted octanol–water partition coefficient (Wildman–Crippen LogP) is 1.73. The van der Waals surface area contributed by atoms with Crippen LogP contribution in [0.15, 0.2) is 24.3 Å². The van der Waals surface area contributed by atoms with Gasteiger partial charge in [0.2, 0.25) is 0 Å². The van der Waals surface area contributed by atoms with Gasteiger partial charge in [-0.25, -0.2) is 0 Å². The maximum absolute atomic E-state index is 6.50. The molecular weight excluding hydrogens is 292 g/mol. The molecule has 2 heterocycles. The van der Waals surface area contributed by atoms with E-state index >= 15 is 0 Å². The van der Waals surface area contributed by atoms with E-state index in [-0.39, 0.29) is 10.8 Å². The fourth-order valence-electron chi connectivity index (χ4n) is 9.60. The lowest BCUT2D eigenvalue weighted by atomic mass is 9.36. The molecule has 0 aromatic heterocycles. The Morgan fingerprint density at radius 1 is 0.609 bits per heavy atom. The number of hydrogen-bond acceptors (Lipinski definition) is 4. The van der Waals surface area contributed by atoms with E-state index in [1.807, 2.05) is 0 Å². The molecule has 5 saturated carbocycles. The molecule has 4 heteroatoms. The molecule has 7 fully saturated rings. The Bertz CT molecular complexity index is 655. The highest BCUT2D eigenvalue weighted by Crippen LogP contribution is 2.98. The van der Waals surface area contributed by atoms with Crippen LogP contribution in [-0.4, -0.2) is 38.0 Å². The first kappa shape index (κ1) is 11.8. The van der Waals surface area contributed by atoms with Gasteiger partial charge in [-0.05, 0) is 30.1 Å². The number of allylic oxidation sites excluding steroid dienone is 2. The molecule has 4 nitrogen and oxygen atoms in total. The van der Waals surface area contributed by atoms with Gasteiger partial charge in [-0.2, -0.15) is 0 Å². The average molecular weight is 312 g/mol. The SMILES string of the molecule is C1=CC23C4C5CC6C(C5C25OCCO5)C2(OCCO2)C3(C=C1)C64. The van der Waals surface area contributed by atoms with Crippen molar-refractivity contribution in [1.82, 2.24) is 0 Å². The van der Waals surface area contributed by atoms with E-state index in [4.69, 9.17) is 18.9 Å². The van der Waals surface area contributed by atoms with Gasteiger partial charge in [0.1, 0.15) is 0 Å². The molecule has 0 aromatic rings. The molecule has 0 amide bonds. The normalized spacial score (nSPS) is 65.4. The minimum atomic E-state index is -0.406. The van der Waals surface area contributed by atoms with Crippen LogP contribution in [0.5, 0.6) is 0 Å². The smallest absolute Gasteiger partial charge is 0.182 e. The highest BCUT2D eigenvalue weighted by molar-refractivity contribution is 5.54. The van der Waals surface area contributed by atoms with E-state index in [9.17, 15) is 0 Å². The molecular formula is C19H20O4. The van der Waals surface area contributed by atoms with Crippen LogP contribution in [0.4, 0.5) is 0 Å². The van der Waals surface area contributed by atoms with Crippen molar-refractivity contribution in [3.8, 4) is 0 Å². The fourth-order valence-corrected chi connectivity index (χ4v) is 9.60. The molecule has 120 valence electrons. The summed E-state index contributed by atoms with van der Waals surface area (Å²) in [7, 11) is 0. The van der Waals surface area contributed by atoms with Crippen LogP contribution in [-0.2, 0) is 18.9 Å². The third-order valence-corrected chi connectivity index (χ3v) is 9.19. The zero-order chi connectivity index (χ0) is 14.7. The minimum absolute atomic E-state index is 0.0582. The van der Waals surface area contributed by atoms with Gasteiger partial charge < -0.3 is 18.9 Å². The van der Waals surface area contributed by atoms with Crippen molar-refractivity contribution in [1.29, 1.82) is 0 Å². The standard InChI is InChI=1S/C19H20O4/c1-2-4-17-13-11-9-10-12(13)16(17,3-1)18(20-5-6-21-18)14(10)15(11)19(17)22-7-8-23-19/h1-4,10-15H,5-9H2. The second-order valence-corrected chi connectivity index (χ2v) is 8.85. The van der Waals surface area contributed by atoms with Crippen molar-refractivity contribution in [2.75, 3.05) is 26.4 Å². The molecule has 2 aliphatic heterocycles. The van der Waals surface area contributed by atoms with E-state index in [1.54, 1.807) is 0 Å². The van der Waals surface area contributed by atoms with Gasteiger partial charge in [0.25, 0.3) is 0 Å². The van der Waals surface area contributed by atoms with Gasteiger partial charge in [0, 0.05) is 11.8 Å². The van der Waals surface area contributed by atoms with Gasteiger partial charge in [0.15, 0.2) is 11.6 Å². The molecule has 8 unspecified atom stereocenters. The van der Waals surface area contributed by atoms with E-state index in [2.05, 4.69) is 24.3 Å². The lowest BCUT2D eigenvalue weighted by molar-refractivity contribution is -0.399. The van der Waals surface area contributed by atoms with Crippen LogP contribution in [0, 0.1) is 46.3 Å². The monoisotopic (exact) mass is 312 g/mol. The summed E-state index contributed by atoms with van der Waals surface area (Å²) in [5.74, 6) is 3.00. The predicted molar refractivity (Wildman–Crippen MR) is 78.0 cm³/mol. The molecule has 4 spiro atoms. The second kappa shape index (κ2) is 2.98. The van der Waals surface area contributed by atoms with Gasteiger partial charge in [-0.15, -0.1) is 0 Å². The summed E-state index contributed by atoms with van der Waals surface area (Å²) < 4.78 is 26.0. The molecule has 0 radical (unpaired) electrons. The number of hydrogen-bond donors (Lipinski definition) is 0. The molecule has 0 aromatic carbocycles. The zero-order valence-electron chi connectivity index (χ0n) is 12.9. The Balaban J connectivity index is 1.53. The Morgan fingerprint density at radius 2 is 1.04 bits per heavy atom. The first-order valence-corrected chi connectivity index (χ1v) is 9.27. The lowest BCUT2D eigenvalue weighted by Crippen LogP contribution is -2.78. The molecule has 6 aliphatic carbocycles. The second-order valence-electron chi connectivity index (χ2n) is 8.85. The summed E-state index contributed by atoms with van der Waals surface area (Å²) in [6.45, 7) is 2.95. The maximum Gasteiger partial charge on any atom is 0.182 e. The first-order chi connectivity index (χ1) is 11.3. The summed E-state index contributed by atoms with van der Waals surface area (Å²) in [5, 5.41) is 0. The molecule has 8 aliphatic rings. The quantitative estimate of drug-likeness (QED) is 0.682. The van der Waals surface area contributed by atoms with Gasteiger partial charge in [0.05, 0.1) is 37.3 Å². The first-order valence-electron chi connectivity index (χ1n) is 9.27. The van der Waals surface area contributed by atoms with Crippen LogP contribution in [0.1, 0.15) is 6.42 Å². The molecule has 8 rings (SSSR count). The summed E-state index contributed by atoms with van der Waals surface area (Å²) in [6, 6.07) is 0. The zero-order valence-corrected chi connectivity index (χ0v) is 12.9. The Labute approximate surface area is 134 Å². The van der Waals surface area contributed by atoms with E-state index < -0.39 is 11.6 Å². The molecule has 2 bridgehead atoms. The van der Waals surface area contributed by atoms with Gasteiger partial charge in [-0.1, -0.05) is 24.3 Å².